The molecule has 0 aliphatic carbocycles. The fraction of sp³-hybridized carbons (Fsp3) is 0.923. The standard InChI is InChI=1S/C13H24O4/c1-9(14)5-6-10(15)13(4)8-7-11(17-13)12(2,3)16/h10-11,15-16H,5-8H2,1-4H3/t10-,11-,13+/m0/s1. The molecule has 17 heavy (non-hydrogen) atoms. The summed E-state index contributed by atoms with van der Waals surface area (Å²) in [5, 5.41) is 20.0. The second kappa shape index (κ2) is 5.04. The van der Waals surface area contributed by atoms with Crippen molar-refractivity contribution in [2.24, 2.45) is 0 Å². The Bertz CT molecular complexity index is 282. The molecule has 1 aliphatic rings. The van der Waals surface area contributed by atoms with Crippen LogP contribution in [0.25, 0.3) is 0 Å². The first kappa shape index (κ1) is 14.6. The monoisotopic (exact) mass is 244 g/mol. The van der Waals surface area contributed by atoms with Crippen LogP contribution in [0.5, 0.6) is 0 Å². The molecule has 1 rings (SSSR count). The Kier molecular flexibility index (Phi) is 4.33. The van der Waals surface area contributed by atoms with Crippen molar-refractivity contribution in [1.82, 2.24) is 0 Å². The van der Waals surface area contributed by atoms with Crippen LogP contribution < -0.4 is 0 Å². The number of aliphatic hydroxyl groups is 2. The highest BCUT2D eigenvalue weighted by Gasteiger charge is 2.46. The Hall–Kier alpha value is -0.450. The summed E-state index contributed by atoms with van der Waals surface area (Å²) >= 11 is 0. The van der Waals surface area contributed by atoms with Crippen molar-refractivity contribution < 1.29 is 19.7 Å². The number of carbonyl (C=O) groups is 1. The molecule has 1 saturated heterocycles. The third kappa shape index (κ3) is 3.76. The van der Waals surface area contributed by atoms with Gasteiger partial charge in [-0.1, -0.05) is 0 Å². The Labute approximate surface area is 103 Å². The molecule has 1 fully saturated rings. The molecule has 0 aromatic carbocycles. The topological polar surface area (TPSA) is 66.8 Å². The van der Waals surface area contributed by atoms with Gasteiger partial charge in [0.25, 0.3) is 0 Å². The van der Waals surface area contributed by atoms with E-state index >= 15 is 0 Å². The lowest BCUT2D eigenvalue weighted by Gasteiger charge is -2.33. The summed E-state index contributed by atoms with van der Waals surface area (Å²) in [6.45, 7) is 6.80. The van der Waals surface area contributed by atoms with E-state index in [0.29, 0.717) is 19.3 Å². The van der Waals surface area contributed by atoms with Gasteiger partial charge in [-0.3, -0.25) is 0 Å². The van der Waals surface area contributed by atoms with Gasteiger partial charge in [-0.05, 0) is 47.0 Å². The van der Waals surface area contributed by atoms with Crippen molar-refractivity contribution in [2.75, 3.05) is 0 Å². The first-order valence-corrected chi connectivity index (χ1v) is 6.23. The molecule has 1 heterocycles. The van der Waals surface area contributed by atoms with E-state index in [9.17, 15) is 15.0 Å². The van der Waals surface area contributed by atoms with E-state index in [1.54, 1.807) is 13.8 Å². The lowest BCUT2D eigenvalue weighted by molar-refractivity contribution is -0.154. The summed E-state index contributed by atoms with van der Waals surface area (Å²) in [7, 11) is 0. The Balaban J connectivity index is 2.56. The van der Waals surface area contributed by atoms with Gasteiger partial charge in [0.15, 0.2) is 0 Å². The van der Waals surface area contributed by atoms with E-state index in [-0.39, 0.29) is 11.9 Å². The number of hydrogen-bond donors (Lipinski definition) is 2. The quantitative estimate of drug-likeness (QED) is 0.767. The van der Waals surface area contributed by atoms with Gasteiger partial charge in [0.2, 0.25) is 0 Å². The maximum absolute atomic E-state index is 10.9. The molecule has 4 nitrogen and oxygen atoms in total. The molecule has 0 radical (unpaired) electrons. The number of ether oxygens (including phenoxy) is 1. The van der Waals surface area contributed by atoms with E-state index in [1.807, 2.05) is 6.92 Å². The fourth-order valence-corrected chi connectivity index (χ4v) is 2.25. The molecule has 0 aromatic heterocycles. The zero-order chi connectivity index (χ0) is 13.3. The van der Waals surface area contributed by atoms with E-state index < -0.39 is 17.3 Å². The predicted octanol–water partition coefficient (Wildman–Crippen LogP) is 1.43. The summed E-state index contributed by atoms with van der Waals surface area (Å²) in [5.74, 6) is 0.0738. The molecular formula is C13H24O4. The van der Waals surface area contributed by atoms with E-state index in [2.05, 4.69) is 0 Å². The fourth-order valence-electron chi connectivity index (χ4n) is 2.25. The van der Waals surface area contributed by atoms with E-state index in [4.69, 9.17) is 4.74 Å². The number of rotatable bonds is 5. The Morgan fingerprint density at radius 2 is 2.18 bits per heavy atom. The van der Waals surface area contributed by atoms with Gasteiger partial charge in [0.1, 0.15) is 5.78 Å². The first-order valence-electron chi connectivity index (χ1n) is 6.23. The van der Waals surface area contributed by atoms with Crippen molar-refractivity contribution >= 4 is 5.78 Å². The third-order valence-corrected chi connectivity index (χ3v) is 3.58. The van der Waals surface area contributed by atoms with Crippen molar-refractivity contribution in [3.8, 4) is 0 Å². The van der Waals surface area contributed by atoms with E-state index in [1.165, 1.54) is 6.92 Å². The second-order valence-electron chi connectivity index (χ2n) is 5.87. The smallest absolute Gasteiger partial charge is 0.129 e. The second-order valence-corrected chi connectivity index (χ2v) is 5.87. The number of carbonyl (C=O) groups excluding carboxylic acids is 1. The van der Waals surface area contributed by atoms with Crippen molar-refractivity contribution in [2.45, 2.75) is 76.8 Å². The summed E-state index contributed by atoms with van der Waals surface area (Å²) in [5.41, 5.74) is -1.53. The Morgan fingerprint density at radius 3 is 2.59 bits per heavy atom. The molecule has 4 heteroatoms. The van der Waals surface area contributed by atoms with Crippen LogP contribution in [-0.4, -0.2) is 39.4 Å². The lowest BCUT2D eigenvalue weighted by atomic mass is 9.91. The van der Waals surface area contributed by atoms with Gasteiger partial charge in [0.05, 0.1) is 23.4 Å². The predicted molar refractivity (Wildman–Crippen MR) is 64.7 cm³/mol. The minimum Gasteiger partial charge on any atom is -0.390 e. The summed E-state index contributed by atoms with van der Waals surface area (Å²) in [6.07, 6.45) is 1.33. The molecule has 0 aromatic rings. The highest BCUT2D eigenvalue weighted by Crippen LogP contribution is 2.38. The molecule has 2 N–H and O–H groups in total. The molecule has 0 unspecified atom stereocenters. The van der Waals surface area contributed by atoms with Gasteiger partial charge in [-0.2, -0.15) is 0 Å². The average molecular weight is 244 g/mol. The number of hydrogen-bond acceptors (Lipinski definition) is 4. The minimum atomic E-state index is -0.891. The molecule has 3 atom stereocenters. The van der Waals surface area contributed by atoms with Crippen molar-refractivity contribution in [3.05, 3.63) is 0 Å². The average Bonchev–Trinajstić information content (AvgIpc) is 2.58. The molecular weight excluding hydrogens is 220 g/mol. The molecule has 0 bridgehead atoms. The van der Waals surface area contributed by atoms with Crippen molar-refractivity contribution in [3.63, 3.8) is 0 Å². The lowest BCUT2D eigenvalue weighted by Crippen LogP contribution is -2.43. The first-order chi connectivity index (χ1) is 7.65. The largest absolute Gasteiger partial charge is 0.390 e. The number of Topliss-reactive ketones (excluding diaryl/α,β-unsaturated/α-hetero) is 1. The zero-order valence-electron chi connectivity index (χ0n) is 11.2. The molecule has 100 valence electrons. The number of ketones is 1. The van der Waals surface area contributed by atoms with Gasteiger partial charge in [0, 0.05) is 6.42 Å². The van der Waals surface area contributed by atoms with Crippen molar-refractivity contribution in [1.29, 1.82) is 0 Å². The van der Waals surface area contributed by atoms with Gasteiger partial charge in [-0.15, -0.1) is 0 Å². The molecule has 0 spiro atoms. The third-order valence-electron chi connectivity index (χ3n) is 3.58. The highest BCUT2D eigenvalue weighted by molar-refractivity contribution is 5.75. The summed E-state index contributed by atoms with van der Waals surface area (Å²) in [4.78, 5) is 10.9. The van der Waals surface area contributed by atoms with Gasteiger partial charge in [-0.25, -0.2) is 0 Å². The maximum Gasteiger partial charge on any atom is 0.129 e. The van der Waals surface area contributed by atoms with Crippen LogP contribution in [-0.2, 0) is 9.53 Å². The maximum atomic E-state index is 10.9. The Morgan fingerprint density at radius 1 is 1.59 bits per heavy atom. The highest BCUT2D eigenvalue weighted by atomic mass is 16.5. The summed E-state index contributed by atoms with van der Waals surface area (Å²) < 4.78 is 5.80. The normalized spacial score (nSPS) is 31.5. The van der Waals surface area contributed by atoms with Crippen LogP contribution in [0.3, 0.4) is 0 Å². The number of aliphatic hydroxyl groups excluding tert-OH is 1. The molecule has 1 aliphatic heterocycles. The van der Waals surface area contributed by atoms with Crippen LogP contribution in [0.1, 0.15) is 53.4 Å². The van der Waals surface area contributed by atoms with Crippen LogP contribution in [0.4, 0.5) is 0 Å². The van der Waals surface area contributed by atoms with Crippen LogP contribution in [0, 0.1) is 0 Å². The molecule has 0 saturated carbocycles. The van der Waals surface area contributed by atoms with Crippen LogP contribution >= 0.6 is 0 Å². The minimum absolute atomic E-state index is 0.0738. The van der Waals surface area contributed by atoms with Crippen LogP contribution in [0.15, 0.2) is 0 Å². The van der Waals surface area contributed by atoms with Gasteiger partial charge < -0.3 is 19.7 Å². The van der Waals surface area contributed by atoms with Crippen LogP contribution in [0.2, 0.25) is 0 Å². The molecule has 0 amide bonds. The zero-order valence-corrected chi connectivity index (χ0v) is 11.2. The SMILES string of the molecule is CC(=O)CC[C@H](O)[C@@]1(C)CC[C@@H](C(C)(C)O)O1. The van der Waals surface area contributed by atoms with E-state index in [0.717, 1.165) is 6.42 Å². The van der Waals surface area contributed by atoms with Gasteiger partial charge >= 0.3 is 0 Å². The summed E-state index contributed by atoms with van der Waals surface area (Å²) in [6, 6.07) is 0.